The second-order valence-electron chi connectivity index (χ2n) is 3.20. The van der Waals surface area contributed by atoms with Crippen LogP contribution < -0.4 is 0 Å². The average molecular weight is 299 g/mol. The number of rotatable bonds is 2. The number of fused-ring (bicyclic) bond motifs is 1. The first-order valence-corrected chi connectivity index (χ1v) is 6.79. The first-order valence-electron chi connectivity index (χ1n) is 5.20. The molecule has 1 aromatic heterocycles. The number of aromatic nitrogens is 2. The quantitative estimate of drug-likeness (QED) is 0.632. The van der Waals surface area contributed by atoms with Gasteiger partial charge in [0, 0.05) is 7.05 Å². The Labute approximate surface area is 109 Å². The van der Waals surface area contributed by atoms with Gasteiger partial charge in [0.2, 0.25) is 5.82 Å². The fourth-order valence-electron chi connectivity index (χ4n) is 1.52. The van der Waals surface area contributed by atoms with E-state index in [-0.39, 0.29) is 5.97 Å². The summed E-state index contributed by atoms with van der Waals surface area (Å²) in [6, 6.07) is 7.60. The molecule has 0 aliphatic carbocycles. The number of para-hydroxylation sites is 2. The van der Waals surface area contributed by atoms with Gasteiger partial charge in [0.05, 0.1) is 17.6 Å². The molecule has 0 saturated heterocycles. The average Bonchev–Trinajstić information content (AvgIpc) is 2.70. The van der Waals surface area contributed by atoms with E-state index in [2.05, 4.69) is 20.9 Å². The van der Waals surface area contributed by atoms with Crippen LogP contribution in [0.15, 0.2) is 24.3 Å². The zero-order chi connectivity index (χ0) is 12.8. The Kier molecular flexibility index (Phi) is 5.15. The summed E-state index contributed by atoms with van der Waals surface area (Å²) >= 11 is 2.94. The van der Waals surface area contributed by atoms with Crippen molar-refractivity contribution in [3.8, 4) is 0 Å². The van der Waals surface area contributed by atoms with Crippen molar-refractivity contribution in [3.63, 3.8) is 0 Å². The van der Waals surface area contributed by atoms with Crippen molar-refractivity contribution in [1.82, 2.24) is 9.55 Å². The standard InChI is InChI=1S/C11H12N2O2.CH3Br/c1-3-15-11(14)10-12-8-6-4-5-7-9(8)13(10)2;1-2/h4-7H,3H2,1-2H3;1H3. The number of esters is 1. The number of benzene rings is 1. The van der Waals surface area contributed by atoms with Crippen LogP contribution in [0.25, 0.3) is 11.0 Å². The minimum atomic E-state index is -0.379. The van der Waals surface area contributed by atoms with E-state index in [1.54, 1.807) is 11.5 Å². The summed E-state index contributed by atoms with van der Waals surface area (Å²) in [5, 5.41) is 0. The largest absolute Gasteiger partial charge is 0.460 e. The number of nitrogens with zero attached hydrogens (tertiary/aromatic N) is 2. The number of alkyl halides is 1. The minimum Gasteiger partial charge on any atom is -0.460 e. The zero-order valence-electron chi connectivity index (χ0n) is 10.1. The summed E-state index contributed by atoms with van der Waals surface area (Å²) in [5.41, 5.74) is 1.74. The molecule has 0 bridgehead atoms. The van der Waals surface area contributed by atoms with Crippen LogP contribution in [0.4, 0.5) is 0 Å². The van der Waals surface area contributed by atoms with E-state index in [9.17, 15) is 4.79 Å². The van der Waals surface area contributed by atoms with E-state index in [0.717, 1.165) is 11.0 Å². The molecule has 0 fully saturated rings. The molecule has 0 spiro atoms. The Morgan fingerprint density at radius 3 is 2.65 bits per heavy atom. The smallest absolute Gasteiger partial charge is 0.374 e. The molecule has 2 aromatic rings. The van der Waals surface area contributed by atoms with Crippen LogP contribution in [-0.2, 0) is 11.8 Å². The first kappa shape index (κ1) is 13.7. The third-order valence-electron chi connectivity index (χ3n) is 2.25. The summed E-state index contributed by atoms with van der Waals surface area (Å²) < 4.78 is 6.66. The van der Waals surface area contributed by atoms with Crippen molar-refractivity contribution in [3.05, 3.63) is 30.1 Å². The van der Waals surface area contributed by atoms with Crippen LogP contribution in [0.3, 0.4) is 0 Å². The summed E-state index contributed by atoms with van der Waals surface area (Å²) in [7, 11) is 1.81. The molecule has 0 aliphatic heterocycles. The SMILES string of the molecule is CBr.CCOC(=O)c1nc2ccccc2n1C. The second kappa shape index (κ2) is 6.39. The van der Waals surface area contributed by atoms with Gasteiger partial charge >= 0.3 is 5.97 Å². The Bertz CT molecular complexity index is 508. The molecule has 5 heteroatoms. The highest BCUT2D eigenvalue weighted by Gasteiger charge is 2.15. The Hall–Kier alpha value is -1.36. The highest BCUT2D eigenvalue weighted by Crippen LogP contribution is 2.14. The van der Waals surface area contributed by atoms with E-state index in [1.165, 1.54) is 0 Å². The van der Waals surface area contributed by atoms with Crippen molar-refractivity contribution in [1.29, 1.82) is 0 Å². The maximum absolute atomic E-state index is 11.5. The van der Waals surface area contributed by atoms with Gasteiger partial charge in [-0.2, -0.15) is 0 Å². The summed E-state index contributed by atoms with van der Waals surface area (Å²) in [6.07, 6.45) is 0. The van der Waals surface area contributed by atoms with Crippen molar-refractivity contribution in [2.45, 2.75) is 6.92 Å². The van der Waals surface area contributed by atoms with Crippen LogP contribution in [0.2, 0.25) is 0 Å². The van der Waals surface area contributed by atoms with Crippen LogP contribution in [0.5, 0.6) is 0 Å². The van der Waals surface area contributed by atoms with Crippen molar-refractivity contribution in [2.24, 2.45) is 7.05 Å². The van der Waals surface area contributed by atoms with Gasteiger partial charge in [0.25, 0.3) is 0 Å². The normalized spacial score (nSPS) is 9.65. The molecule has 2 rings (SSSR count). The number of hydrogen-bond acceptors (Lipinski definition) is 3. The van der Waals surface area contributed by atoms with Gasteiger partial charge in [-0.1, -0.05) is 28.1 Å². The molecular formula is C12H15BrN2O2. The molecular weight excluding hydrogens is 284 g/mol. The monoisotopic (exact) mass is 298 g/mol. The Morgan fingerprint density at radius 1 is 1.41 bits per heavy atom. The van der Waals surface area contributed by atoms with Crippen molar-refractivity contribution in [2.75, 3.05) is 12.4 Å². The lowest BCUT2D eigenvalue weighted by atomic mass is 10.3. The van der Waals surface area contributed by atoms with Crippen LogP contribution in [-0.4, -0.2) is 28.0 Å². The van der Waals surface area contributed by atoms with Crippen LogP contribution >= 0.6 is 15.9 Å². The fraction of sp³-hybridized carbons (Fsp3) is 0.333. The van der Waals surface area contributed by atoms with Crippen LogP contribution in [0, 0.1) is 0 Å². The maximum atomic E-state index is 11.5. The highest BCUT2D eigenvalue weighted by atomic mass is 79.9. The number of ether oxygens (including phenoxy) is 1. The number of carbonyl (C=O) groups excluding carboxylic acids is 1. The van der Waals surface area contributed by atoms with Gasteiger partial charge in [-0.25, -0.2) is 9.78 Å². The molecule has 0 aliphatic rings. The zero-order valence-corrected chi connectivity index (χ0v) is 11.7. The molecule has 0 N–H and O–H groups in total. The number of carbonyl (C=O) groups is 1. The molecule has 0 unspecified atom stereocenters. The van der Waals surface area contributed by atoms with Crippen LogP contribution in [0.1, 0.15) is 17.5 Å². The molecule has 1 heterocycles. The molecule has 0 radical (unpaired) electrons. The number of aryl methyl sites for hydroxylation is 1. The predicted octanol–water partition coefficient (Wildman–Crippen LogP) is 2.76. The van der Waals surface area contributed by atoms with Crippen molar-refractivity contribution < 1.29 is 9.53 Å². The lowest BCUT2D eigenvalue weighted by molar-refractivity contribution is 0.0508. The Balaban J connectivity index is 0.000000686. The molecule has 4 nitrogen and oxygen atoms in total. The topological polar surface area (TPSA) is 44.1 Å². The minimum absolute atomic E-state index is 0.345. The predicted molar refractivity (Wildman–Crippen MR) is 71.5 cm³/mol. The highest BCUT2D eigenvalue weighted by molar-refractivity contribution is 9.08. The molecule has 17 heavy (non-hydrogen) atoms. The summed E-state index contributed by atoms with van der Waals surface area (Å²) in [4.78, 5) is 15.7. The maximum Gasteiger partial charge on any atom is 0.374 e. The van der Waals surface area contributed by atoms with Gasteiger partial charge < -0.3 is 9.30 Å². The molecule has 0 amide bonds. The molecule has 92 valence electrons. The third-order valence-corrected chi connectivity index (χ3v) is 2.25. The van der Waals surface area contributed by atoms with E-state index in [1.807, 2.05) is 37.1 Å². The summed E-state index contributed by atoms with van der Waals surface area (Å²) in [5.74, 6) is 1.78. The lowest BCUT2D eigenvalue weighted by Crippen LogP contribution is -2.11. The van der Waals surface area contributed by atoms with E-state index < -0.39 is 0 Å². The molecule has 0 saturated carbocycles. The summed E-state index contributed by atoms with van der Waals surface area (Å²) in [6.45, 7) is 2.14. The van der Waals surface area contributed by atoms with Gasteiger partial charge in [-0.15, -0.1) is 0 Å². The number of hydrogen-bond donors (Lipinski definition) is 0. The van der Waals surface area contributed by atoms with Gasteiger partial charge in [-0.3, -0.25) is 0 Å². The molecule has 0 atom stereocenters. The van der Waals surface area contributed by atoms with E-state index >= 15 is 0 Å². The Morgan fingerprint density at radius 2 is 2.06 bits per heavy atom. The lowest BCUT2D eigenvalue weighted by Gasteiger charge is -2.01. The fourth-order valence-corrected chi connectivity index (χ4v) is 1.52. The van der Waals surface area contributed by atoms with E-state index in [0.29, 0.717) is 12.4 Å². The van der Waals surface area contributed by atoms with Gasteiger partial charge in [0.1, 0.15) is 0 Å². The second-order valence-corrected chi connectivity index (χ2v) is 3.20. The van der Waals surface area contributed by atoms with Gasteiger partial charge in [-0.05, 0) is 24.9 Å². The first-order chi connectivity index (χ1) is 8.24. The van der Waals surface area contributed by atoms with E-state index in [4.69, 9.17) is 4.74 Å². The third kappa shape index (κ3) is 2.85. The number of halogens is 1. The van der Waals surface area contributed by atoms with Gasteiger partial charge in [0.15, 0.2) is 0 Å². The number of imidazole rings is 1. The molecule has 1 aromatic carbocycles. The van der Waals surface area contributed by atoms with Crippen molar-refractivity contribution >= 4 is 32.9 Å².